The summed E-state index contributed by atoms with van der Waals surface area (Å²) in [5, 5.41) is 16.3. The highest BCUT2D eigenvalue weighted by molar-refractivity contribution is 9.10. The summed E-state index contributed by atoms with van der Waals surface area (Å²) in [6, 6.07) is 4.56. The van der Waals surface area contributed by atoms with Gasteiger partial charge < -0.3 is 10.6 Å². The number of hydrogen-bond donors (Lipinski definition) is 2. The van der Waals surface area contributed by atoms with Crippen LogP contribution < -0.4 is 10.6 Å². The minimum Gasteiger partial charge on any atom is -0.355 e. The number of non-ortho nitro benzene ring substituents is 1. The summed E-state index contributed by atoms with van der Waals surface area (Å²) in [6.45, 7) is 3.35. The lowest BCUT2D eigenvalue weighted by molar-refractivity contribution is -0.384. The lowest BCUT2D eigenvalue weighted by Gasteiger charge is -2.07. The zero-order valence-corrected chi connectivity index (χ0v) is 12.2. The number of benzene rings is 1. The summed E-state index contributed by atoms with van der Waals surface area (Å²) in [6.07, 6.45) is 0.902. The first kappa shape index (κ1) is 15.6. The Balaban J connectivity index is 2.45. The first-order chi connectivity index (χ1) is 9.04. The van der Waals surface area contributed by atoms with E-state index in [0.29, 0.717) is 17.6 Å². The summed E-state index contributed by atoms with van der Waals surface area (Å²) in [5.41, 5.74) is 0.908. The van der Waals surface area contributed by atoms with Gasteiger partial charge in [0, 0.05) is 29.7 Å². The van der Waals surface area contributed by atoms with Crippen molar-refractivity contribution in [3.05, 3.63) is 38.3 Å². The number of carbonyl (C=O) groups excluding carboxylic acids is 1. The third-order valence-electron chi connectivity index (χ3n) is 2.42. The zero-order valence-electron chi connectivity index (χ0n) is 10.6. The van der Waals surface area contributed by atoms with Gasteiger partial charge in [-0.15, -0.1) is 0 Å². The number of nitrogens with zero attached hydrogens (tertiary/aromatic N) is 1. The first-order valence-electron chi connectivity index (χ1n) is 5.94. The van der Waals surface area contributed by atoms with Crippen molar-refractivity contribution in [1.82, 2.24) is 10.6 Å². The van der Waals surface area contributed by atoms with Crippen LogP contribution in [0.5, 0.6) is 0 Å². The van der Waals surface area contributed by atoms with Gasteiger partial charge in [-0.25, -0.2) is 0 Å². The second-order valence-electron chi connectivity index (χ2n) is 3.99. The topological polar surface area (TPSA) is 84.3 Å². The van der Waals surface area contributed by atoms with Crippen molar-refractivity contribution in [3.63, 3.8) is 0 Å². The van der Waals surface area contributed by atoms with Crippen LogP contribution in [0.15, 0.2) is 22.7 Å². The third-order valence-corrected chi connectivity index (χ3v) is 3.16. The number of amides is 1. The van der Waals surface area contributed by atoms with Gasteiger partial charge in [-0.1, -0.05) is 22.9 Å². The van der Waals surface area contributed by atoms with E-state index in [0.717, 1.165) is 12.0 Å². The molecule has 0 radical (unpaired) electrons. The van der Waals surface area contributed by atoms with Crippen LogP contribution >= 0.6 is 15.9 Å². The highest BCUT2D eigenvalue weighted by Crippen LogP contribution is 2.22. The van der Waals surface area contributed by atoms with E-state index in [-0.39, 0.29) is 18.1 Å². The average Bonchev–Trinajstić information content (AvgIpc) is 2.38. The lowest BCUT2D eigenvalue weighted by atomic mass is 10.2. The average molecular weight is 330 g/mol. The second kappa shape index (κ2) is 7.85. The van der Waals surface area contributed by atoms with Crippen LogP contribution in [0.3, 0.4) is 0 Å². The number of hydrogen-bond acceptors (Lipinski definition) is 4. The summed E-state index contributed by atoms with van der Waals surface area (Å²) in [4.78, 5) is 21.5. The maximum atomic E-state index is 11.3. The van der Waals surface area contributed by atoms with Gasteiger partial charge in [-0.2, -0.15) is 0 Å². The molecule has 0 fully saturated rings. The Kier molecular flexibility index (Phi) is 6.44. The van der Waals surface area contributed by atoms with Crippen LogP contribution in [0.2, 0.25) is 0 Å². The zero-order chi connectivity index (χ0) is 14.3. The Hall–Kier alpha value is -1.47. The fraction of sp³-hybridized carbons (Fsp3) is 0.417. The standard InChI is InChI=1S/C12H16BrN3O3/c1-2-5-15-12(17)8-14-7-9-3-4-10(16(18)19)6-11(9)13/h3-4,6,14H,2,5,7-8H2,1H3,(H,15,17). The van der Waals surface area contributed by atoms with Gasteiger partial charge in [0.15, 0.2) is 0 Å². The van der Waals surface area contributed by atoms with Crippen molar-refractivity contribution in [3.8, 4) is 0 Å². The molecule has 0 saturated carbocycles. The Morgan fingerprint density at radius 3 is 2.79 bits per heavy atom. The number of halogens is 1. The maximum absolute atomic E-state index is 11.3. The molecule has 2 N–H and O–H groups in total. The highest BCUT2D eigenvalue weighted by atomic mass is 79.9. The Bertz CT molecular complexity index is 466. The molecule has 0 aromatic heterocycles. The van der Waals surface area contributed by atoms with Crippen molar-refractivity contribution in [2.45, 2.75) is 19.9 Å². The smallest absolute Gasteiger partial charge is 0.270 e. The molecule has 0 heterocycles. The van der Waals surface area contributed by atoms with Crippen molar-refractivity contribution >= 4 is 27.5 Å². The van der Waals surface area contributed by atoms with Crippen molar-refractivity contribution < 1.29 is 9.72 Å². The van der Waals surface area contributed by atoms with Gasteiger partial charge in [-0.3, -0.25) is 14.9 Å². The van der Waals surface area contributed by atoms with Gasteiger partial charge in [0.25, 0.3) is 5.69 Å². The molecule has 0 aliphatic rings. The van der Waals surface area contributed by atoms with E-state index < -0.39 is 4.92 Å². The molecular weight excluding hydrogens is 314 g/mol. The third kappa shape index (κ3) is 5.35. The molecular formula is C12H16BrN3O3. The van der Waals surface area contributed by atoms with E-state index in [2.05, 4.69) is 26.6 Å². The van der Waals surface area contributed by atoms with Gasteiger partial charge in [-0.05, 0) is 18.1 Å². The molecule has 6 nitrogen and oxygen atoms in total. The van der Waals surface area contributed by atoms with Crippen molar-refractivity contribution in [2.75, 3.05) is 13.1 Å². The summed E-state index contributed by atoms with van der Waals surface area (Å²) < 4.78 is 0.656. The molecule has 104 valence electrons. The molecule has 1 amide bonds. The Morgan fingerprint density at radius 2 is 2.21 bits per heavy atom. The molecule has 0 spiro atoms. The van der Waals surface area contributed by atoms with E-state index in [9.17, 15) is 14.9 Å². The number of carbonyl (C=O) groups is 1. The minimum atomic E-state index is -0.444. The number of rotatable bonds is 7. The van der Waals surface area contributed by atoms with Gasteiger partial charge in [0.1, 0.15) is 0 Å². The maximum Gasteiger partial charge on any atom is 0.270 e. The summed E-state index contributed by atoms with van der Waals surface area (Å²) >= 11 is 3.28. The van der Waals surface area contributed by atoms with Crippen LogP contribution in [0.1, 0.15) is 18.9 Å². The van der Waals surface area contributed by atoms with Crippen molar-refractivity contribution in [1.29, 1.82) is 0 Å². The van der Waals surface area contributed by atoms with Crippen LogP contribution in [-0.4, -0.2) is 23.9 Å². The Morgan fingerprint density at radius 1 is 1.47 bits per heavy atom. The molecule has 0 bridgehead atoms. The monoisotopic (exact) mass is 329 g/mol. The van der Waals surface area contributed by atoms with E-state index in [1.807, 2.05) is 6.92 Å². The SMILES string of the molecule is CCCNC(=O)CNCc1ccc([N+](=O)[O-])cc1Br. The molecule has 19 heavy (non-hydrogen) atoms. The fourth-order valence-corrected chi connectivity index (χ4v) is 1.94. The van der Waals surface area contributed by atoms with E-state index in [4.69, 9.17) is 0 Å². The molecule has 1 aromatic carbocycles. The molecule has 0 aliphatic heterocycles. The van der Waals surface area contributed by atoms with Gasteiger partial charge in [0.2, 0.25) is 5.91 Å². The fourth-order valence-electron chi connectivity index (χ4n) is 1.43. The quantitative estimate of drug-likeness (QED) is 0.591. The predicted molar refractivity (Wildman–Crippen MR) is 75.8 cm³/mol. The minimum absolute atomic E-state index is 0.0383. The Labute approximate surface area is 119 Å². The summed E-state index contributed by atoms with van der Waals surface area (Å²) in [5.74, 6) is -0.0557. The molecule has 7 heteroatoms. The lowest BCUT2D eigenvalue weighted by Crippen LogP contribution is -2.33. The highest BCUT2D eigenvalue weighted by Gasteiger charge is 2.09. The number of nitro groups is 1. The van der Waals surface area contributed by atoms with E-state index >= 15 is 0 Å². The van der Waals surface area contributed by atoms with E-state index in [1.54, 1.807) is 6.07 Å². The molecule has 0 aliphatic carbocycles. The first-order valence-corrected chi connectivity index (χ1v) is 6.74. The van der Waals surface area contributed by atoms with Crippen LogP contribution in [0.25, 0.3) is 0 Å². The molecule has 1 rings (SSSR count). The normalized spacial score (nSPS) is 10.2. The number of nitrogens with one attached hydrogen (secondary N) is 2. The molecule has 0 unspecified atom stereocenters. The molecule has 0 atom stereocenters. The number of nitro benzene ring substituents is 1. The van der Waals surface area contributed by atoms with Crippen LogP contribution in [-0.2, 0) is 11.3 Å². The van der Waals surface area contributed by atoms with Crippen LogP contribution in [0, 0.1) is 10.1 Å². The second-order valence-corrected chi connectivity index (χ2v) is 4.84. The van der Waals surface area contributed by atoms with Gasteiger partial charge >= 0.3 is 0 Å². The van der Waals surface area contributed by atoms with Gasteiger partial charge in [0.05, 0.1) is 11.5 Å². The van der Waals surface area contributed by atoms with Crippen molar-refractivity contribution in [2.24, 2.45) is 0 Å². The summed E-state index contributed by atoms with van der Waals surface area (Å²) in [7, 11) is 0. The molecule has 1 aromatic rings. The predicted octanol–water partition coefficient (Wildman–Crippen LogP) is 1.97. The van der Waals surface area contributed by atoms with Crippen LogP contribution in [0.4, 0.5) is 5.69 Å². The molecule has 0 saturated heterocycles. The van der Waals surface area contributed by atoms with E-state index in [1.165, 1.54) is 12.1 Å². The largest absolute Gasteiger partial charge is 0.355 e.